The van der Waals surface area contributed by atoms with Gasteiger partial charge in [-0.15, -0.1) is 0 Å². The van der Waals surface area contributed by atoms with Crippen molar-refractivity contribution in [3.8, 4) is 28.8 Å². The molecule has 0 aliphatic carbocycles. The summed E-state index contributed by atoms with van der Waals surface area (Å²) >= 11 is 0. The monoisotopic (exact) mass is 590 g/mol. The molecule has 1 unspecified atom stereocenters. The van der Waals surface area contributed by atoms with Crippen molar-refractivity contribution in [2.45, 2.75) is 58.3 Å². The highest BCUT2D eigenvalue weighted by molar-refractivity contribution is 5.77. The van der Waals surface area contributed by atoms with Gasteiger partial charge in [0.2, 0.25) is 0 Å². The van der Waals surface area contributed by atoms with Crippen LogP contribution in [0.15, 0.2) is 84.9 Å². The Hall–Kier alpha value is -5.03. The number of aromatic nitrogens is 1. The number of hydrogen-bond acceptors (Lipinski definition) is 7. The molecule has 1 aliphatic rings. The molecule has 0 saturated carbocycles. The van der Waals surface area contributed by atoms with E-state index in [1.165, 1.54) is 0 Å². The number of hydrogen-bond donors (Lipinski definition) is 1. The normalized spacial score (nSPS) is 14.9. The molecule has 4 aromatic rings. The molecular formula is C36H38N4O4. The molecule has 1 fully saturated rings. The van der Waals surface area contributed by atoms with E-state index in [0.29, 0.717) is 54.6 Å². The second-order valence-corrected chi connectivity index (χ2v) is 11.9. The lowest BCUT2D eigenvalue weighted by molar-refractivity contribution is 0.0198. The summed E-state index contributed by atoms with van der Waals surface area (Å²) in [6.45, 7) is 7.26. The number of nitrogens with zero attached hydrogens (tertiary/aromatic N) is 3. The van der Waals surface area contributed by atoms with Crippen molar-refractivity contribution in [1.29, 1.82) is 5.26 Å². The van der Waals surface area contributed by atoms with Crippen LogP contribution in [0.5, 0.6) is 11.5 Å². The van der Waals surface area contributed by atoms with E-state index in [2.05, 4.69) is 6.07 Å². The van der Waals surface area contributed by atoms with E-state index in [0.717, 1.165) is 29.5 Å². The van der Waals surface area contributed by atoms with Crippen LogP contribution in [0.4, 0.5) is 10.6 Å². The number of pyridine rings is 1. The number of benzene rings is 3. The largest absolute Gasteiger partial charge is 0.488 e. The average molecular weight is 591 g/mol. The molecule has 1 atom stereocenters. The molecule has 1 amide bonds. The highest BCUT2D eigenvalue weighted by Gasteiger charge is 2.31. The maximum Gasteiger partial charge on any atom is 0.410 e. The Bertz CT molecular complexity index is 1570. The van der Waals surface area contributed by atoms with Gasteiger partial charge in [0.15, 0.2) is 0 Å². The summed E-state index contributed by atoms with van der Waals surface area (Å²) in [6, 6.07) is 29.6. The Morgan fingerprint density at radius 1 is 0.955 bits per heavy atom. The fourth-order valence-electron chi connectivity index (χ4n) is 5.36. The van der Waals surface area contributed by atoms with Crippen LogP contribution < -0.4 is 15.2 Å². The minimum atomic E-state index is -0.601. The summed E-state index contributed by atoms with van der Waals surface area (Å²) in [5, 5.41) is 10.1. The van der Waals surface area contributed by atoms with Gasteiger partial charge in [-0.1, -0.05) is 66.7 Å². The van der Waals surface area contributed by atoms with E-state index >= 15 is 0 Å². The molecule has 2 N–H and O–H groups in total. The second-order valence-electron chi connectivity index (χ2n) is 11.9. The van der Waals surface area contributed by atoms with Gasteiger partial charge in [0.1, 0.15) is 42.2 Å². The summed E-state index contributed by atoms with van der Waals surface area (Å²) in [6.07, 6.45) is 1.20. The number of nitrogens with two attached hydrogens (primary N) is 1. The van der Waals surface area contributed by atoms with Gasteiger partial charge in [0.05, 0.1) is 16.8 Å². The van der Waals surface area contributed by atoms with Crippen molar-refractivity contribution in [3.05, 3.63) is 107 Å². The maximum atomic E-state index is 12.9. The molecule has 1 aromatic heterocycles. The topological polar surface area (TPSA) is 111 Å². The summed E-state index contributed by atoms with van der Waals surface area (Å²) in [5.74, 6) is 1.17. The Labute approximate surface area is 259 Å². The number of ether oxygens (including phenoxy) is 3. The third-order valence-electron chi connectivity index (χ3n) is 7.42. The predicted molar refractivity (Wildman–Crippen MR) is 170 cm³/mol. The lowest BCUT2D eigenvalue weighted by Crippen LogP contribution is -2.42. The predicted octanol–water partition coefficient (Wildman–Crippen LogP) is 7.47. The molecule has 0 bridgehead atoms. The standard InChI is InChI=1S/C36H38N4O4/c1-36(2,3)44-35(41)40-19-11-16-27(22-40)28-20-30(39-34(38)29(28)21-37)33-31(42-23-25-12-6-4-7-13-25)17-10-18-32(33)43-24-26-14-8-5-9-15-26/h4-10,12-15,17-18,20,27H,11,16,19,22-24H2,1-3H3,(H2,38,39). The molecule has 1 aliphatic heterocycles. The molecule has 3 aromatic carbocycles. The second kappa shape index (κ2) is 13.5. The number of piperidine rings is 1. The Kier molecular flexibility index (Phi) is 9.35. The zero-order valence-electron chi connectivity index (χ0n) is 25.5. The number of likely N-dealkylation sites (tertiary alicyclic amines) is 1. The number of nitrogen functional groups attached to an aromatic ring is 1. The number of nitriles is 1. The van der Waals surface area contributed by atoms with Gasteiger partial charge in [0, 0.05) is 19.0 Å². The van der Waals surface area contributed by atoms with Crippen molar-refractivity contribution in [1.82, 2.24) is 9.88 Å². The Balaban J connectivity index is 1.53. The molecule has 44 heavy (non-hydrogen) atoms. The maximum absolute atomic E-state index is 12.9. The van der Waals surface area contributed by atoms with Gasteiger partial charge in [-0.05, 0) is 68.5 Å². The first-order chi connectivity index (χ1) is 21.2. The van der Waals surface area contributed by atoms with Crippen LogP contribution in [-0.2, 0) is 18.0 Å². The first-order valence-electron chi connectivity index (χ1n) is 14.9. The molecule has 5 rings (SSSR count). The van der Waals surface area contributed by atoms with E-state index in [1.807, 2.05) is 106 Å². The van der Waals surface area contributed by atoms with Gasteiger partial charge in [-0.3, -0.25) is 0 Å². The lowest BCUT2D eigenvalue weighted by atomic mass is 9.87. The molecule has 0 spiro atoms. The summed E-state index contributed by atoms with van der Waals surface area (Å²) in [7, 11) is 0. The van der Waals surface area contributed by atoms with Crippen LogP contribution in [-0.4, -0.2) is 34.7 Å². The van der Waals surface area contributed by atoms with Crippen LogP contribution in [0.2, 0.25) is 0 Å². The van der Waals surface area contributed by atoms with E-state index in [4.69, 9.17) is 24.9 Å². The highest BCUT2D eigenvalue weighted by atomic mass is 16.6. The van der Waals surface area contributed by atoms with Crippen molar-refractivity contribution in [3.63, 3.8) is 0 Å². The van der Waals surface area contributed by atoms with Gasteiger partial charge in [-0.2, -0.15) is 5.26 Å². The molecule has 2 heterocycles. The smallest absolute Gasteiger partial charge is 0.410 e. The first-order valence-corrected chi connectivity index (χ1v) is 14.9. The number of anilines is 1. The summed E-state index contributed by atoms with van der Waals surface area (Å²) in [4.78, 5) is 19.3. The van der Waals surface area contributed by atoms with Gasteiger partial charge >= 0.3 is 6.09 Å². The number of amides is 1. The van der Waals surface area contributed by atoms with Crippen molar-refractivity contribution >= 4 is 11.9 Å². The molecule has 1 saturated heterocycles. The third-order valence-corrected chi connectivity index (χ3v) is 7.42. The number of carbonyl (C=O) groups excluding carboxylic acids is 1. The summed E-state index contributed by atoms with van der Waals surface area (Å²) < 4.78 is 18.3. The van der Waals surface area contributed by atoms with E-state index in [9.17, 15) is 10.1 Å². The molecule has 226 valence electrons. The third kappa shape index (κ3) is 7.48. The zero-order chi connectivity index (χ0) is 31.1. The molecule has 8 heteroatoms. The Morgan fingerprint density at radius 2 is 1.55 bits per heavy atom. The van der Waals surface area contributed by atoms with Gasteiger partial charge < -0.3 is 24.8 Å². The van der Waals surface area contributed by atoms with Crippen molar-refractivity contribution < 1.29 is 19.0 Å². The van der Waals surface area contributed by atoms with E-state index in [1.54, 1.807) is 4.90 Å². The Morgan fingerprint density at radius 3 is 2.09 bits per heavy atom. The van der Waals surface area contributed by atoms with Crippen LogP contribution >= 0.6 is 0 Å². The molecule has 0 radical (unpaired) electrons. The van der Waals surface area contributed by atoms with Crippen LogP contribution in [0.25, 0.3) is 11.3 Å². The minimum Gasteiger partial charge on any atom is -0.488 e. The van der Waals surface area contributed by atoms with E-state index < -0.39 is 5.60 Å². The fraction of sp³-hybridized carbons (Fsp3) is 0.306. The average Bonchev–Trinajstić information content (AvgIpc) is 3.02. The lowest BCUT2D eigenvalue weighted by Gasteiger charge is -2.34. The van der Waals surface area contributed by atoms with Crippen LogP contribution in [0, 0.1) is 11.3 Å². The highest BCUT2D eigenvalue weighted by Crippen LogP contribution is 2.41. The minimum absolute atomic E-state index is 0.124. The zero-order valence-corrected chi connectivity index (χ0v) is 25.5. The number of carbonyl (C=O) groups is 1. The van der Waals surface area contributed by atoms with Gasteiger partial charge in [0.25, 0.3) is 0 Å². The molecule has 8 nitrogen and oxygen atoms in total. The quantitative estimate of drug-likeness (QED) is 0.227. The van der Waals surface area contributed by atoms with E-state index in [-0.39, 0.29) is 17.8 Å². The first kappa shape index (κ1) is 30.4. The SMILES string of the molecule is CC(C)(C)OC(=O)N1CCCC(c2cc(-c3c(OCc4ccccc4)cccc3OCc3ccccc3)nc(N)c2C#N)C1. The molecular weight excluding hydrogens is 552 g/mol. The number of rotatable bonds is 8. The summed E-state index contributed by atoms with van der Waals surface area (Å²) in [5.41, 5.74) is 10.2. The van der Waals surface area contributed by atoms with Crippen LogP contribution in [0.3, 0.4) is 0 Å². The van der Waals surface area contributed by atoms with Crippen molar-refractivity contribution in [2.75, 3.05) is 18.8 Å². The van der Waals surface area contributed by atoms with Crippen molar-refractivity contribution in [2.24, 2.45) is 0 Å². The van der Waals surface area contributed by atoms with Crippen LogP contribution in [0.1, 0.15) is 61.8 Å². The fourth-order valence-corrected chi connectivity index (χ4v) is 5.36. The van der Waals surface area contributed by atoms with Gasteiger partial charge in [-0.25, -0.2) is 9.78 Å².